The Hall–Kier alpha value is -1.48. The quantitative estimate of drug-likeness (QED) is 0.304. The number of hydrogen-bond donors (Lipinski definition) is 0. The third kappa shape index (κ3) is 5.66. The van der Waals surface area contributed by atoms with Crippen molar-refractivity contribution in [1.29, 1.82) is 0 Å². The van der Waals surface area contributed by atoms with E-state index in [-0.39, 0.29) is 0 Å². The summed E-state index contributed by atoms with van der Waals surface area (Å²) in [6, 6.07) is 8.57. The van der Waals surface area contributed by atoms with E-state index in [0.29, 0.717) is 5.92 Å². The molecule has 0 aliphatic carbocycles. The fourth-order valence-electron chi connectivity index (χ4n) is 2.62. The maximum absolute atomic E-state index is 5.42. The largest absolute Gasteiger partial charge is 0.115 e. The first kappa shape index (κ1) is 16.6. The molecule has 0 saturated heterocycles. The normalized spacial score (nSPS) is 13.0. The highest BCUT2D eigenvalue weighted by atomic mass is 14.1. The SMILES string of the molecule is C#Cc1ccc(C(CCC)CCCC/C(C)=C/C)cc1. The zero-order chi connectivity index (χ0) is 14.8. The lowest BCUT2D eigenvalue weighted by atomic mass is 9.88. The fourth-order valence-corrected chi connectivity index (χ4v) is 2.62. The lowest BCUT2D eigenvalue weighted by Crippen LogP contribution is -1.99. The van der Waals surface area contributed by atoms with Crippen LogP contribution in [0.5, 0.6) is 0 Å². The smallest absolute Gasteiger partial charge is 0.0242 e. The van der Waals surface area contributed by atoms with Gasteiger partial charge in [-0.25, -0.2) is 0 Å². The summed E-state index contributed by atoms with van der Waals surface area (Å²) in [6.45, 7) is 6.62. The van der Waals surface area contributed by atoms with E-state index in [1.807, 2.05) is 0 Å². The van der Waals surface area contributed by atoms with E-state index in [1.54, 1.807) is 0 Å². The summed E-state index contributed by atoms with van der Waals surface area (Å²) in [5, 5.41) is 0. The molecule has 0 nitrogen and oxygen atoms in total. The van der Waals surface area contributed by atoms with Gasteiger partial charge in [0.15, 0.2) is 0 Å². The van der Waals surface area contributed by atoms with Gasteiger partial charge in [-0.2, -0.15) is 0 Å². The molecule has 1 rings (SSSR count). The molecule has 0 heterocycles. The molecule has 1 unspecified atom stereocenters. The summed E-state index contributed by atoms with van der Waals surface area (Å²) in [6.07, 6.45) is 15.3. The van der Waals surface area contributed by atoms with Crippen molar-refractivity contribution in [2.45, 2.75) is 65.2 Å². The Labute approximate surface area is 125 Å². The van der Waals surface area contributed by atoms with E-state index in [4.69, 9.17) is 6.42 Å². The van der Waals surface area contributed by atoms with Gasteiger partial charge >= 0.3 is 0 Å². The summed E-state index contributed by atoms with van der Waals surface area (Å²) >= 11 is 0. The van der Waals surface area contributed by atoms with Crippen molar-refractivity contribution in [3.8, 4) is 12.3 Å². The van der Waals surface area contributed by atoms with Crippen molar-refractivity contribution in [2.75, 3.05) is 0 Å². The Balaban J connectivity index is 2.53. The Bertz CT molecular complexity index is 442. The van der Waals surface area contributed by atoms with Gasteiger partial charge in [-0.15, -0.1) is 6.42 Å². The second-order valence-electron chi connectivity index (χ2n) is 5.63. The molecule has 0 spiro atoms. The van der Waals surface area contributed by atoms with Crippen molar-refractivity contribution in [2.24, 2.45) is 0 Å². The summed E-state index contributed by atoms with van der Waals surface area (Å²) in [5.41, 5.74) is 3.94. The van der Waals surface area contributed by atoms with Crippen LogP contribution in [0.2, 0.25) is 0 Å². The van der Waals surface area contributed by atoms with Crippen LogP contribution < -0.4 is 0 Å². The van der Waals surface area contributed by atoms with E-state index in [0.717, 1.165) is 5.56 Å². The van der Waals surface area contributed by atoms with Gasteiger partial charge in [0.05, 0.1) is 0 Å². The van der Waals surface area contributed by atoms with Gasteiger partial charge in [-0.1, -0.05) is 49.5 Å². The average molecular weight is 268 g/mol. The van der Waals surface area contributed by atoms with Gasteiger partial charge in [0.25, 0.3) is 0 Å². The van der Waals surface area contributed by atoms with Crippen LogP contribution in [0.1, 0.15) is 76.3 Å². The van der Waals surface area contributed by atoms with Crippen molar-refractivity contribution in [1.82, 2.24) is 0 Å². The maximum Gasteiger partial charge on any atom is 0.0242 e. The van der Waals surface area contributed by atoms with Crippen LogP contribution in [-0.2, 0) is 0 Å². The molecule has 20 heavy (non-hydrogen) atoms. The third-order valence-corrected chi connectivity index (χ3v) is 4.05. The zero-order valence-electron chi connectivity index (χ0n) is 13.3. The molecular weight excluding hydrogens is 240 g/mol. The molecule has 1 aromatic rings. The predicted octanol–water partition coefficient (Wildman–Crippen LogP) is 6.08. The van der Waals surface area contributed by atoms with Gasteiger partial charge in [-0.05, 0) is 63.1 Å². The van der Waals surface area contributed by atoms with Crippen LogP contribution >= 0.6 is 0 Å². The lowest BCUT2D eigenvalue weighted by Gasteiger charge is -2.17. The Morgan fingerprint density at radius 1 is 1.20 bits per heavy atom. The molecule has 0 aliphatic heterocycles. The van der Waals surface area contributed by atoms with E-state index in [2.05, 4.69) is 57.0 Å². The first-order chi connectivity index (χ1) is 9.71. The summed E-state index contributed by atoms with van der Waals surface area (Å²) in [4.78, 5) is 0. The van der Waals surface area contributed by atoms with Crippen molar-refractivity contribution in [3.63, 3.8) is 0 Å². The molecule has 0 radical (unpaired) electrons. The predicted molar refractivity (Wildman–Crippen MR) is 89.9 cm³/mol. The second kappa shape index (κ2) is 9.43. The highest BCUT2D eigenvalue weighted by molar-refractivity contribution is 5.35. The molecule has 0 amide bonds. The number of terminal acetylenes is 1. The number of hydrogen-bond acceptors (Lipinski definition) is 0. The topological polar surface area (TPSA) is 0 Å². The van der Waals surface area contributed by atoms with Gasteiger partial charge in [0, 0.05) is 5.56 Å². The minimum Gasteiger partial charge on any atom is -0.115 e. The molecule has 1 aromatic carbocycles. The van der Waals surface area contributed by atoms with E-state index < -0.39 is 0 Å². The lowest BCUT2D eigenvalue weighted by molar-refractivity contribution is 0.531. The first-order valence-corrected chi connectivity index (χ1v) is 7.89. The van der Waals surface area contributed by atoms with Crippen LogP contribution in [0.25, 0.3) is 0 Å². The standard InChI is InChI=1S/C20H28/c1-5-10-19(12-9-8-11-17(4)6-2)20-15-13-18(7-3)14-16-20/h3,6,13-16,19H,5,8-12H2,1-2,4H3/b17-6+. The second-order valence-corrected chi connectivity index (χ2v) is 5.63. The molecule has 108 valence electrons. The monoisotopic (exact) mass is 268 g/mol. The van der Waals surface area contributed by atoms with E-state index >= 15 is 0 Å². The highest BCUT2D eigenvalue weighted by Gasteiger charge is 2.10. The first-order valence-electron chi connectivity index (χ1n) is 7.89. The Kier molecular flexibility index (Phi) is 7.81. The average Bonchev–Trinajstić information content (AvgIpc) is 2.50. The van der Waals surface area contributed by atoms with Crippen LogP contribution in [0.15, 0.2) is 35.9 Å². The highest BCUT2D eigenvalue weighted by Crippen LogP contribution is 2.27. The molecular formula is C20H28. The maximum atomic E-state index is 5.42. The summed E-state index contributed by atoms with van der Waals surface area (Å²) < 4.78 is 0. The van der Waals surface area contributed by atoms with Gasteiger partial charge in [0.2, 0.25) is 0 Å². The molecule has 0 heteroatoms. The summed E-state index contributed by atoms with van der Waals surface area (Å²) in [5.74, 6) is 3.38. The Morgan fingerprint density at radius 2 is 1.90 bits per heavy atom. The molecule has 0 aliphatic rings. The summed E-state index contributed by atoms with van der Waals surface area (Å²) in [7, 11) is 0. The molecule has 0 N–H and O–H groups in total. The zero-order valence-corrected chi connectivity index (χ0v) is 13.3. The fraction of sp³-hybridized carbons (Fsp3) is 0.500. The van der Waals surface area contributed by atoms with Gasteiger partial charge in [0.1, 0.15) is 0 Å². The minimum absolute atomic E-state index is 0.692. The third-order valence-electron chi connectivity index (χ3n) is 4.05. The van der Waals surface area contributed by atoms with Crippen LogP contribution in [0.4, 0.5) is 0 Å². The number of benzene rings is 1. The van der Waals surface area contributed by atoms with Crippen LogP contribution in [0, 0.1) is 12.3 Å². The van der Waals surface area contributed by atoms with Crippen molar-refractivity contribution >= 4 is 0 Å². The van der Waals surface area contributed by atoms with E-state index in [1.165, 1.54) is 49.7 Å². The molecule has 0 bridgehead atoms. The van der Waals surface area contributed by atoms with Crippen LogP contribution in [0.3, 0.4) is 0 Å². The molecule has 1 atom stereocenters. The van der Waals surface area contributed by atoms with Crippen molar-refractivity contribution < 1.29 is 0 Å². The van der Waals surface area contributed by atoms with Gasteiger partial charge in [-0.3, -0.25) is 0 Å². The van der Waals surface area contributed by atoms with E-state index in [9.17, 15) is 0 Å². The molecule has 0 fully saturated rings. The number of rotatable bonds is 8. The van der Waals surface area contributed by atoms with Crippen molar-refractivity contribution in [3.05, 3.63) is 47.0 Å². The molecule has 0 aromatic heterocycles. The number of allylic oxidation sites excluding steroid dienone is 2. The van der Waals surface area contributed by atoms with Crippen LogP contribution in [-0.4, -0.2) is 0 Å². The Morgan fingerprint density at radius 3 is 2.45 bits per heavy atom. The van der Waals surface area contributed by atoms with Gasteiger partial charge < -0.3 is 0 Å². The number of unbranched alkanes of at least 4 members (excludes halogenated alkanes) is 1. The molecule has 0 saturated carbocycles. The minimum atomic E-state index is 0.692.